The van der Waals surface area contributed by atoms with Crippen LogP contribution < -0.4 is 11.3 Å². The van der Waals surface area contributed by atoms with Crippen LogP contribution in [0.1, 0.15) is 12.5 Å². The Kier molecular flexibility index (Phi) is 5.65. The highest BCUT2D eigenvalue weighted by Crippen LogP contribution is 2.16. The van der Waals surface area contributed by atoms with Crippen LogP contribution in [0.3, 0.4) is 0 Å². The molecule has 0 saturated heterocycles. The molecule has 3 N–H and O–H groups in total. The molecule has 15 heavy (non-hydrogen) atoms. The zero-order valence-electron chi connectivity index (χ0n) is 8.87. The summed E-state index contributed by atoms with van der Waals surface area (Å²) in [7, 11) is 0. The van der Waals surface area contributed by atoms with Crippen LogP contribution in [0.2, 0.25) is 5.02 Å². The fourth-order valence-electron chi connectivity index (χ4n) is 1.36. The molecule has 0 aliphatic heterocycles. The molecule has 1 unspecified atom stereocenters. The number of ether oxygens (including phenoxy) is 1. The minimum absolute atomic E-state index is 0.102. The van der Waals surface area contributed by atoms with Crippen molar-refractivity contribution >= 4 is 11.6 Å². The lowest BCUT2D eigenvalue weighted by Crippen LogP contribution is -2.40. The van der Waals surface area contributed by atoms with Crippen LogP contribution in [0, 0.1) is 0 Å². The van der Waals surface area contributed by atoms with E-state index >= 15 is 0 Å². The second kappa shape index (κ2) is 6.80. The molecule has 0 fully saturated rings. The van der Waals surface area contributed by atoms with Gasteiger partial charge in [0.05, 0.1) is 6.61 Å². The quantitative estimate of drug-likeness (QED) is 0.576. The van der Waals surface area contributed by atoms with Crippen LogP contribution in [0.25, 0.3) is 0 Å². The Morgan fingerprint density at radius 1 is 1.47 bits per heavy atom. The zero-order chi connectivity index (χ0) is 11.1. The van der Waals surface area contributed by atoms with Crippen molar-refractivity contribution in [3.63, 3.8) is 0 Å². The lowest BCUT2D eigenvalue weighted by Gasteiger charge is -2.16. The fraction of sp³-hybridized carbons (Fsp3) is 0.455. The molecule has 0 aliphatic rings. The molecule has 84 valence electrons. The minimum atomic E-state index is 0.102. The van der Waals surface area contributed by atoms with E-state index in [0.717, 1.165) is 17.0 Å². The Morgan fingerprint density at radius 3 is 2.80 bits per heavy atom. The molecule has 0 aromatic heterocycles. The molecule has 0 radical (unpaired) electrons. The Morgan fingerprint density at radius 2 is 2.20 bits per heavy atom. The third-order valence-electron chi connectivity index (χ3n) is 2.18. The summed E-state index contributed by atoms with van der Waals surface area (Å²) >= 11 is 6.05. The highest BCUT2D eigenvalue weighted by Gasteiger charge is 2.09. The van der Waals surface area contributed by atoms with Gasteiger partial charge >= 0.3 is 0 Å². The third-order valence-corrected chi connectivity index (χ3v) is 2.55. The van der Waals surface area contributed by atoms with E-state index in [1.54, 1.807) is 0 Å². The second-order valence-electron chi connectivity index (χ2n) is 3.32. The Labute approximate surface area is 95.5 Å². The van der Waals surface area contributed by atoms with E-state index in [9.17, 15) is 0 Å². The van der Waals surface area contributed by atoms with Crippen LogP contribution in [0.5, 0.6) is 0 Å². The molecule has 1 aromatic rings. The van der Waals surface area contributed by atoms with Crippen molar-refractivity contribution in [2.24, 2.45) is 5.84 Å². The van der Waals surface area contributed by atoms with Crippen molar-refractivity contribution in [3.8, 4) is 0 Å². The maximum Gasteiger partial charge on any atom is 0.0636 e. The SMILES string of the molecule is CCOCC(Cc1ccccc1Cl)NN. The molecule has 0 bridgehead atoms. The van der Waals surface area contributed by atoms with Crippen LogP contribution in [0.15, 0.2) is 24.3 Å². The Balaban J connectivity index is 2.54. The van der Waals surface area contributed by atoms with Crippen molar-refractivity contribution in [2.45, 2.75) is 19.4 Å². The smallest absolute Gasteiger partial charge is 0.0636 e. The predicted octanol–water partition coefficient (Wildman–Crippen LogP) is 1.75. The van der Waals surface area contributed by atoms with Crippen molar-refractivity contribution in [1.82, 2.24) is 5.43 Å². The third kappa shape index (κ3) is 4.18. The zero-order valence-corrected chi connectivity index (χ0v) is 9.63. The molecule has 1 atom stereocenters. The summed E-state index contributed by atoms with van der Waals surface area (Å²) < 4.78 is 5.31. The van der Waals surface area contributed by atoms with Gasteiger partial charge in [0.25, 0.3) is 0 Å². The first-order chi connectivity index (χ1) is 7.27. The number of hydrogen-bond acceptors (Lipinski definition) is 3. The van der Waals surface area contributed by atoms with Gasteiger partial charge in [0, 0.05) is 17.7 Å². The van der Waals surface area contributed by atoms with Gasteiger partial charge in [0.15, 0.2) is 0 Å². The number of nitrogens with one attached hydrogen (secondary N) is 1. The largest absolute Gasteiger partial charge is 0.380 e. The molecular formula is C11H17ClN2O. The molecule has 1 rings (SSSR count). The predicted molar refractivity (Wildman–Crippen MR) is 62.8 cm³/mol. The monoisotopic (exact) mass is 228 g/mol. The summed E-state index contributed by atoms with van der Waals surface area (Å²) in [4.78, 5) is 0. The number of nitrogens with two attached hydrogens (primary N) is 1. The van der Waals surface area contributed by atoms with Gasteiger partial charge in [-0.15, -0.1) is 0 Å². The van der Waals surface area contributed by atoms with E-state index in [1.807, 2.05) is 31.2 Å². The summed E-state index contributed by atoms with van der Waals surface area (Å²) in [6.07, 6.45) is 0.774. The molecular weight excluding hydrogens is 212 g/mol. The van der Waals surface area contributed by atoms with Gasteiger partial charge in [0.2, 0.25) is 0 Å². The molecule has 1 aromatic carbocycles. The van der Waals surface area contributed by atoms with Crippen LogP contribution in [-0.2, 0) is 11.2 Å². The van der Waals surface area contributed by atoms with Crippen molar-refractivity contribution in [2.75, 3.05) is 13.2 Å². The van der Waals surface area contributed by atoms with Crippen molar-refractivity contribution in [3.05, 3.63) is 34.9 Å². The van der Waals surface area contributed by atoms with E-state index < -0.39 is 0 Å². The first kappa shape index (κ1) is 12.5. The van der Waals surface area contributed by atoms with E-state index in [4.69, 9.17) is 22.2 Å². The number of benzene rings is 1. The highest BCUT2D eigenvalue weighted by atomic mass is 35.5. The normalized spacial score (nSPS) is 12.7. The lowest BCUT2D eigenvalue weighted by molar-refractivity contribution is 0.123. The van der Waals surface area contributed by atoms with E-state index in [-0.39, 0.29) is 6.04 Å². The van der Waals surface area contributed by atoms with E-state index in [1.165, 1.54) is 0 Å². The lowest BCUT2D eigenvalue weighted by atomic mass is 10.1. The molecule has 0 amide bonds. The van der Waals surface area contributed by atoms with Crippen LogP contribution in [0.4, 0.5) is 0 Å². The topological polar surface area (TPSA) is 47.3 Å². The number of hydrogen-bond donors (Lipinski definition) is 2. The molecule has 0 aliphatic carbocycles. The van der Waals surface area contributed by atoms with Gasteiger partial charge in [-0.1, -0.05) is 29.8 Å². The standard InChI is InChI=1S/C11H17ClN2O/c1-2-15-8-10(14-13)7-9-5-3-4-6-11(9)12/h3-6,10,14H,2,7-8,13H2,1H3. The molecule has 0 spiro atoms. The van der Waals surface area contributed by atoms with Gasteiger partial charge in [0.1, 0.15) is 0 Å². The Hall–Kier alpha value is -0.610. The first-order valence-electron chi connectivity index (χ1n) is 5.05. The number of hydrazine groups is 1. The summed E-state index contributed by atoms with van der Waals surface area (Å²) in [5.74, 6) is 5.44. The fourth-order valence-corrected chi connectivity index (χ4v) is 1.57. The van der Waals surface area contributed by atoms with E-state index in [2.05, 4.69) is 5.43 Å². The maximum absolute atomic E-state index is 6.05. The van der Waals surface area contributed by atoms with Gasteiger partial charge in [-0.25, -0.2) is 0 Å². The van der Waals surface area contributed by atoms with Gasteiger partial charge in [-0.05, 0) is 25.0 Å². The molecule has 0 heterocycles. The summed E-state index contributed by atoms with van der Waals surface area (Å²) in [6, 6.07) is 7.86. The summed E-state index contributed by atoms with van der Waals surface area (Å²) in [5.41, 5.74) is 3.81. The van der Waals surface area contributed by atoms with Gasteiger partial charge in [-0.3, -0.25) is 11.3 Å². The average Bonchev–Trinajstić information content (AvgIpc) is 2.26. The summed E-state index contributed by atoms with van der Waals surface area (Å²) in [6.45, 7) is 3.25. The van der Waals surface area contributed by atoms with Crippen LogP contribution >= 0.6 is 11.6 Å². The maximum atomic E-state index is 6.05. The van der Waals surface area contributed by atoms with Crippen molar-refractivity contribution < 1.29 is 4.74 Å². The minimum Gasteiger partial charge on any atom is -0.380 e. The number of halogens is 1. The van der Waals surface area contributed by atoms with Gasteiger partial charge in [-0.2, -0.15) is 0 Å². The average molecular weight is 229 g/mol. The molecule has 3 nitrogen and oxygen atoms in total. The molecule has 0 saturated carbocycles. The highest BCUT2D eigenvalue weighted by molar-refractivity contribution is 6.31. The number of rotatable bonds is 6. The first-order valence-corrected chi connectivity index (χ1v) is 5.43. The van der Waals surface area contributed by atoms with Crippen LogP contribution in [-0.4, -0.2) is 19.3 Å². The second-order valence-corrected chi connectivity index (χ2v) is 3.73. The van der Waals surface area contributed by atoms with Gasteiger partial charge < -0.3 is 4.74 Å². The molecule has 4 heteroatoms. The van der Waals surface area contributed by atoms with Crippen molar-refractivity contribution in [1.29, 1.82) is 0 Å². The summed E-state index contributed by atoms with van der Waals surface area (Å²) in [5, 5.41) is 0.772. The van der Waals surface area contributed by atoms with E-state index in [0.29, 0.717) is 13.2 Å². The Bertz CT molecular complexity index is 294.